The van der Waals surface area contributed by atoms with Gasteiger partial charge in [0.25, 0.3) is 0 Å². The Morgan fingerprint density at radius 1 is 0.977 bits per heavy atom. The lowest BCUT2D eigenvalue weighted by Gasteiger charge is -2.51. The van der Waals surface area contributed by atoms with Crippen molar-refractivity contribution in [2.75, 3.05) is 12.3 Å². The van der Waals surface area contributed by atoms with Crippen molar-refractivity contribution in [1.29, 1.82) is 0 Å². The summed E-state index contributed by atoms with van der Waals surface area (Å²) in [6.07, 6.45) is 0.402. The monoisotopic (exact) mass is 656 g/mol. The standard InChI is InChI=1S/C31H44N4O6SSi2/c1-18(2)43(19(3)4)37-16-24-26(40-44(41-43,20(5)6)21(7)8)27(39-31(42)22-12-10-9-11-13-22)30(38-24)35-15-14-23(36)25-28(32)33-17-34-29(25)35/h9-15,17-21,24,26-27,30H,16H2,1-8H3,(H2,32,33,34)/t24-,26-,27-,30-/m1/s1. The van der Waals surface area contributed by atoms with Gasteiger partial charge < -0.3 is 32.7 Å². The summed E-state index contributed by atoms with van der Waals surface area (Å²) in [4.78, 5) is 21.4. The highest BCUT2D eigenvalue weighted by atomic mass is 32.1. The van der Waals surface area contributed by atoms with Gasteiger partial charge in [-0.2, -0.15) is 0 Å². The van der Waals surface area contributed by atoms with E-state index in [1.807, 2.05) is 30.3 Å². The fourth-order valence-corrected chi connectivity index (χ4v) is 18.0. The molecule has 1 aromatic carbocycles. The van der Waals surface area contributed by atoms with Crippen LogP contribution >= 0.6 is 12.2 Å². The van der Waals surface area contributed by atoms with Gasteiger partial charge in [0, 0.05) is 17.8 Å². The van der Waals surface area contributed by atoms with Gasteiger partial charge >= 0.3 is 17.1 Å². The molecule has 13 heteroatoms. The molecule has 0 radical (unpaired) electrons. The number of hydrogen-bond donors (Lipinski definition) is 1. The normalized spacial score (nSPS) is 24.9. The van der Waals surface area contributed by atoms with Crippen molar-refractivity contribution < 1.29 is 22.4 Å². The first-order valence-electron chi connectivity index (χ1n) is 15.4. The molecular weight excluding hydrogens is 613 g/mol. The van der Waals surface area contributed by atoms with Crippen LogP contribution in [0.2, 0.25) is 22.2 Å². The van der Waals surface area contributed by atoms with Crippen LogP contribution in [0.4, 0.5) is 5.82 Å². The summed E-state index contributed by atoms with van der Waals surface area (Å²) in [5.74, 6) is 0.0966. The van der Waals surface area contributed by atoms with E-state index in [4.69, 9.17) is 40.4 Å². The molecule has 238 valence electrons. The Morgan fingerprint density at radius 3 is 2.23 bits per heavy atom. The number of fused-ring (bicyclic) bond motifs is 2. The molecule has 10 nitrogen and oxygen atoms in total. The maximum absolute atomic E-state index is 12.9. The molecule has 2 saturated heterocycles. The molecular formula is C31H44N4O6SSi2. The molecule has 5 rings (SSSR count). The number of pyridine rings is 1. The van der Waals surface area contributed by atoms with E-state index >= 15 is 0 Å². The minimum absolute atomic E-state index is 0.0966. The molecule has 4 heterocycles. The van der Waals surface area contributed by atoms with Crippen LogP contribution in [0.15, 0.2) is 53.7 Å². The summed E-state index contributed by atoms with van der Waals surface area (Å²) in [6, 6.07) is 11.0. The van der Waals surface area contributed by atoms with Crippen molar-refractivity contribution in [1.82, 2.24) is 14.5 Å². The largest absolute Gasteiger partial charge is 0.472 e. The van der Waals surface area contributed by atoms with E-state index < -0.39 is 41.7 Å². The highest BCUT2D eigenvalue weighted by Gasteiger charge is 2.62. The lowest BCUT2D eigenvalue weighted by molar-refractivity contribution is -0.0564. The highest BCUT2D eigenvalue weighted by Crippen LogP contribution is 2.49. The Balaban J connectivity index is 1.68. The average Bonchev–Trinajstić information content (AvgIpc) is 3.28. The van der Waals surface area contributed by atoms with Crippen LogP contribution in [0.3, 0.4) is 0 Å². The molecule has 2 aliphatic rings. The summed E-state index contributed by atoms with van der Waals surface area (Å²) in [6.45, 7) is 17.7. The van der Waals surface area contributed by atoms with Crippen LogP contribution in [-0.4, -0.2) is 61.6 Å². The van der Waals surface area contributed by atoms with Crippen molar-refractivity contribution in [2.45, 2.75) is 102 Å². The Bertz CT molecular complexity index is 1540. The van der Waals surface area contributed by atoms with E-state index in [1.165, 1.54) is 12.4 Å². The van der Waals surface area contributed by atoms with Gasteiger partial charge in [0.05, 0.1) is 6.61 Å². The zero-order chi connectivity index (χ0) is 32.0. The molecule has 0 bridgehead atoms. The van der Waals surface area contributed by atoms with E-state index in [2.05, 4.69) is 65.4 Å². The van der Waals surface area contributed by atoms with Gasteiger partial charge in [-0.05, 0) is 34.4 Å². The molecule has 4 atom stereocenters. The Morgan fingerprint density at radius 2 is 1.61 bits per heavy atom. The zero-order valence-corrected chi connectivity index (χ0v) is 29.5. The Labute approximate surface area is 266 Å². The smallest absolute Gasteiger partial charge is 0.335 e. The number of anilines is 1. The molecule has 2 fully saturated rings. The minimum atomic E-state index is -3.01. The fourth-order valence-electron chi connectivity index (χ4n) is 6.57. The number of rotatable bonds is 7. The van der Waals surface area contributed by atoms with E-state index in [1.54, 1.807) is 10.8 Å². The number of nitrogen functional groups attached to an aromatic ring is 1. The second-order valence-corrected chi connectivity index (χ2v) is 22.1. The molecule has 3 aromatic rings. The third-order valence-corrected chi connectivity index (χ3v) is 19.5. The van der Waals surface area contributed by atoms with Crippen molar-refractivity contribution in [3.05, 3.63) is 64.7 Å². The number of nitrogens with two attached hydrogens (primary N) is 1. The van der Waals surface area contributed by atoms with Crippen molar-refractivity contribution in [3.63, 3.8) is 0 Å². The van der Waals surface area contributed by atoms with Gasteiger partial charge in [-0.3, -0.25) is 4.79 Å². The van der Waals surface area contributed by atoms with E-state index in [0.717, 1.165) is 5.56 Å². The van der Waals surface area contributed by atoms with Crippen LogP contribution in [0.25, 0.3) is 11.0 Å². The molecule has 44 heavy (non-hydrogen) atoms. The van der Waals surface area contributed by atoms with E-state index in [9.17, 15) is 4.79 Å². The first-order valence-corrected chi connectivity index (χ1v) is 19.7. The van der Waals surface area contributed by atoms with Crippen molar-refractivity contribution >= 4 is 51.2 Å². The second kappa shape index (κ2) is 12.7. The third-order valence-electron chi connectivity index (χ3n) is 8.88. The minimum Gasteiger partial charge on any atom is -0.472 e. The predicted molar refractivity (Wildman–Crippen MR) is 179 cm³/mol. The number of hydrogen-bond acceptors (Lipinski definition) is 10. The molecule has 2 aromatic heterocycles. The predicted octanol–water partition coefficient (Wildman–Crippen LogP) is 5.99. The SMILES string of the molecule is CC(C)[Si]1(C(C)C)OC[C@H]2O[C@@H](n3ccc(=O)c4c(N)ncnc43)[C@H](OC(=S)c3ccccc3)[C@@H]2O[Si](C(C)C)(C(C)C)O1. The van der Waals surface area contributed by atoms with E-state index in [0.29, 0.717) is 10.7 Å². The first-order chi connectivity index (χ1) is 20.8. The molecule has 0 spiro atoms. The van der Waals surface area contributed by atoms with Crippen molar-refractivity contribution in [2.24, 2.45) is 0 Å². The van der Waals surface area contributed by atoms with Gasteiger partial charge in [0.1, 0.15) is 29.7 Å². The summed E-state index contributed by atoms with van der Waals surface area (Å²) < 4.78 is 37.0. The lowest BCUT2D eigenvalue weighted by atomic mass is 10.1. The lowest BCUT2D eigenvalue weighted by Crippen LogP contribution is -2.66. The topological polar surface area (TPSA) is 120 Å². The van der Waals surface area contributed by atoms with Gasteiger partial charge in [-0.15, -0.1) is 0 Å². The van der Waals surface area contributed by atoms with Gasteiger partial charge in [-0.25, -0.2) is 9.97 Å². The number of aromatic nitrogens is 3. The molecule has 0 amide bonds. The zero-order valence-electron chi connectivity index (χ0n) is 26.7. The summed E-state index contributed by atoms with van der Waals surface area (Å²) in [5.41, 5.74) is 7.56. The number of benzene rings is 1. The second-order valence-electron chi connectivity index (χ2n) is 12.9. The average molecular weight is 657 g/mol. The van der Waals surface area contributed by atoms with Crippen LogP contribution in [0.1, 0.15) is 67.2 Å². The summed E-state index contributed by atoms with van der Waals surface area (Å²) in [5, 5.41) is 0.526. The summed E-state index contributed by atoms with van der Waals surface area (Å²) >= 11 is 5.83. The van der Waals surface area contributed by atoms with Crippen LogP contribution in [-0.2, 0) is 22.4 Å². The maximum Gasteiger partial charge on any atom is 0.335 e. The first kappa shape index (κ1) is 32.9. The number of nitrogens with zero attached hydrogens (tertiary/aromatic N) is 3. The fraction of sp³-hybridized carbons (Fsp3) is 0.548. The quantitative estimate of drug-likeness (QED) is 0.240. The Kier molecular flexibility index (Phi) is 9.48. The molecule has 0 aliphatic carbocycles. The van der Waals surface area contributed by atoms with Gasteiger partial charge in [0.2, 0.25) is 0 Å². The van der Waals surface area contributed by atoms with Crippen molar-refractivity contribution in [3.8, 4) is 0 Å². The summed E-state index contributed by atoms with van der Waals surface area (Å²) in [7, 11) is -5.81. The molecule has 2 N–H and O–H groups in total. The van der Waals surface area contributed by atoms with E-state index in [-0.39, 0.29) is 45.4 Å². The van der Waals surface area contributed by atoms with Gasteiger partial charge in [0.15, 0.2) is 28.5 Å². The van der Waals surface area contributed by atoms with Crippen LogP contribution < -0.4 is 11.2 Å². The molecule has 0 unspecified atom stereocenters. The molecule has 2 aliphatic heterocycles. The molecule has 0 saturated carbocycles. The Hall–Kier alpha value is -2.53. The van der Waals surface area contributed by atoms with Crippen LogP contribution in [0.5, 0.6) is 0 Å². The third kappa shape index (κ3) is 5.67. The highest BCUT2D eigenvalue weighted by molar-refractivity contribution is 7.80. The maximum atomic E-state index is 12.9. The van der Waals surface area contributed by atoms with Gasteiger partial charge in [-0.1, -0.05) is 85.7 Å². The van der Waals surface area contributed by atoms with Crippen LogP contribution in [0, 0.1) is 0 Å². The number of thiocarbonyl (C=S) groups is 1. The number of ether oxygens (including phenoxy) is 2.